The molecule has 0 radical (unpaired) electrons. The van der Waals surface area contributed by atoms with Crippen LogP contribution < -0.4 is 0 Å². The van der Waals surface area contributed by atoms with Gasteiger partial charge in [0.15, 0.2) is 0 Å². The average Bonchev–Trinajstić information content (AvgIpc) is 2.03. The number of carboxylic acid groups (broad SMARTS) is 1. The van der Waals surface area contributed by atoms with Crippen LogP contribution in [0.1, 0.15) is 27.2 Å². The molecule has 0 aromatic heterocycles. The SMILES string of the molecule is CC(C)C.O=C(O)CC1COCCO1. The Kier molecular flexibility index (Phi) is 7.42. The molecule has 4 nitrogen and oxygen atoms in total. The third kappa shape index (κ3) is 9.48. The monoisotopic (exact) mass is 204 g/mol. The normalized spacial score (nSPS) is 21.3. The molecule has 0 aliphatic carbocycles. The Hall–Kier alpha value is -0.610. The van der Waals surface area contributed by atoms with Crippen LogP contribution in [-0.4, -0.2) is 37.0 Å². The lowest BCUT2D eigenvalue weighted by atomic mass is 10.2. The van der Waals surface area contributed by atoms with E-state index in [1.165, 1.54) is 0 Å². The highest BCUT2D eigenvalue weighted by atomic mass is 16.6. The van der Waals surface area contributed by atoms with Crippen LogP contribution in [0.4, 0.5) is 0 Å². The zero-order valence-corrected chi connectivity index (χ0v) is 9.16. The molecule has 1 unspecified atom stereocenters. The van der Waals surface area contributed by atoms with Gasteiger partial charge in [-0.05, 0) is 5.92 Å². The Morgan fingerprint density at radius 1 is 1.43 bits per heavy atom. The summed E-state index contributed by atoms with van der Waals surface area (Å²) in [6, 6.07) is 0. The fourth-order valence-electron chi connectivity index (χ4n) is 0.849. The van der Waals surface area contributed by atoms with E-state index in [1.807, 2.05) is 0 Å². The maximum absolute atomic E-state index is 10.1. The summed E-state index contributed by atoms with van der Waals surface area (Å²) in [5, 5.41) is 8.33. The molecule has 1 heterocycles. The van der Waals surface area contributed by atoms with Gasteiger partial charge >= 0.3 is 5.97 Å². The molecule has 1 N–H and O–H groups in total. The molecule has 4 heteroatoms. The van der Waals surface area contributed by atoms with Crippen LogP contribution in [-0.2, 0) is 14.3 Å². The Balaban J connectivity index is 0.000000364. The number of carboxylic acids is 1. The highest BCUT2D eigenvalue weighted by Crippen LogP contribution is 2.04. The van der Waals surface area contributed by atoms with Gasteiger partial charge in [-0.25, -0.2) is 0 Å². The fourth-order valence-corrected chi connectivity index (χ4v) is 0.849. The van der Waals surface area contributed by atoms with Crippen LogP contribution in [0.5, 0.6) is 0 Å². The van der Waals surface area contributed by atoms with E-state index >= 15 is 0 Å². The van der Waals surface area contributed by atoms with Crippen molar-refractivity contribution in [3.8, 4) is 0 Å². The summed E-state index contributed by atoms with van der Waals surface area (Å²) in [5.74, 6) is -0.00417. The topological polar surface area (TPSA) is 55.8 Å². The summed E-state index contributed by atoms with van der Waals surface area (Å²) in [5.41, 5.74) is 0. The second-order valence-corrected chi connectivity index (χ2v) is 3.90. The highest BCUT2D eigenvalue weighted by molar-refractivity contribution is 5.67. The van der Waals surface area contributed by atoms with E-state index in [4.69, 9.17) is 14.6 Å². The number of hydrogen-bond acceptors (Lipinski definition) is 3. The number of aliphatic carboxylic acids is 1. The number of ether oxygens (including phenoxy) is 2. The second-order valence-electron chi connectivity index (χ2n) is 3.90. The Bertz CT molecular complexity index is 147. The summed E-state index contributed by atoms with van der Waals surface area (Å²) in [6.07, 6.45) is -0.203. The van der Waals surface area contributed by atoms with Crippen LogP contribution >= 0.6 is 0 Å². The zero-order valence-electron chi connectivity index (χ0n) is 9.16. The summed E-state index contributed by atoms with van der Waals surface area (Å²) in [6.45, 7) is 8.00. The van der Waals surface area contributed by atoms with E-state index in [0.29, 0.717) is 19.8 Å². The number of rotatable bonds is 2. The van der Waals surface area contributed by atoms with Crippen molar-refractivity contribution < 1.29 is 19.4 Å². The maximum atomic E-state index is 10.1. The lowest BCUT2D eigenvalue weighted by molar-refractivity contribution is -0.146. The molecule has 0 aromatic carbocycles. The quantitative estimate of drug-likeness (QED) is 0.741. The third-order valence-electron chi connectivity index (χ3n) is 1.29. The van der Waals surface area contributed by atoms with E-state index in [1.54, 1.807) is 0 Å². The van der Waals surface area contributed by atoms with E-state index in [0.717, 1.165) is 5.92 Å². The van der Waals surface area contributed by atoms with Crippen LogP contribution in [0.3, 0.4) is 0 Å². The van der Waals surface area contributed by atoms with Crippen molar-refractivity contribution in [2.45, 2.75) is 33.3 Å². The van der Waals surface area contributed by atoms with Crippen molar-refractivity contribution in [2.75, 3.05) is 19.8 Å². The van der Waals surface area contributed by atoms with Crippen molar-refractivity contribution in [3.63, 3.8) is 0 Å². The van der Waals surface area contributed by atoms with Gasteiger partial charge in [0, 0.05) is 0 Å². The van der Waals surface area contributed by atoms with Crippen LogP contribution in [0, 0.1) is 5.92 Å². The number of hydrogen-bond donors (Lipinski definition) is 1. The lowest BCUT2D eigenvalue weighted by Gasteiger charge is -2.20. The van der Waals surface area contributed by atoms with Crippen molar-refractivity contribution in [2.24, 2.45) is 5.92 Å². The molecular weight excluding hydrogens is 184 g/mol. The van der Waals surface area contributed by atoms with Crippen LogP contribution in [0.15, 0.2) is 0 Å². The molecule has 0 aromatic rings. The standard InChI is InChI=1S/C6H10O4.C4H10/c7-6(8)3-5-4-9-1-2-10-5;1-4(2)3/h5H,1-4H2,(H,7,8);4H,1-3H3. The molecule has 0 amide bonds. The maximum Gasteiger partial charge on any atom is 0.306 e. The molecule has 0 bridgehead atoms. The molecule has 0 spiro atoms. The van der Waals surface area contributed by atoms with Crippen molar-refractivity contribution in [1.82, 2.24) is 0 Å². The van der Waals surface area contributed by atoms with Crippen LogP contribution in [0.2, 0.25) is 0 Å². The van der Waals surface area contributed by atoms with Gasteiger partial charge < -0.3 is 14.6 Å². The molecule has 1 saturated heterocycles. The van der Waals surface area contributed by atoms with Gasteiger partial charge in [-0.2, -0.15) is 0 Å². The molecule has 84 valence electrons. The molecule has 1 rings (SSSR count). The van der Waals surface area contributed by atoms with Gasteiger partial charge in [-0.3, -0.25) is 4.79 Å². The van der Waals surface area contributed by atoms with Gasteiger partial charge in [0.1, 0.15) is 0 Å². The molecule has 1 aliphatic rings. The first kappa shape index (κ1) is 13.4. The molecular formula is C10H20O4. The van der Waals surface area contributed by atoms with Gasteiger partial charge in [0.25, 0.3) is 0 Å². The molecule has 1 atom stereocenters. The molecule has 14 heavy (non-hydrogen) atoms. The first-order valence-electron chi connectivity index (χ1n) is 4.93. The molecule has 0 saturated carbocycles. The smallest absolute Gasteiger partial charge is 0.306 e. The first-order chi connectivity index (χ1) is 6.52. The van der Waals surface area contributed by atoms with E-state index in [9.17, 15) is 4.79 Å². The van der Waals surface area contributed by atoms with Crippen molar-refractivity contribution in [1.29, 1.82) is 0 Å². The highest BCUT2D eigenvalue weighted by Gasteiger charge is 2.16. The van der Waals surface area contributed by atoms with E-state index in [-0.39, 0.29) is 12.5 Å². The predicted octanol–water partition coefficient (Wildman–Crippen LogP) is 1.54. The van der Waals surface area contributed by atoms with Gasteiger partial charge in [-0.15, -0.1) is 0 Å². The number of carbonyl (C=O) groups is 1. The zero-order chi connectivity index (χ0) is 11.0. The van der Waals surface area contributed by atoms with E-state index < -0.39 is 5.97 Å². The van der Waals surface area contributed by atoms with Crippen LogP contribution in [0.25, 0.3) is 0 Å². The van der Waals surface area contributed by atoms with Crippen molar-refractivity contribution in [3.05, 3.63) is 0 Å². The second kappa shape index (κ2) is 7.76. The molecule has 1 fully saturated rings. The summed E-state index contributed by atoms with van der Waals surface area (Å²) < 4.78 is 10.1. The minimum atomic E-state index is -0.837. The largest absolute Gasteiger partial charge is 0.481 e. The summed E-state index contributed by atoms with van der Waals surface area (Å²) >= 11 is 0. The molecule has 1 aliphatic heterocycles. The van der Waals surface area contributed by atoms with Crippen molar-refractivity contribution >= 4 is 5.97 Å². The summed E-state index contributed by atoms with van der Waals surface area (Å²) in [7, 11) is 0. The Labute approximate surface area is 85.2 Å². The fraction of sp³-hybridized carbons (Fsp3) is 0.900. The summed E-state index contributed by atoms with van der Waals surface area (Å²) in [4.78, 5) is 10.1. The van der Waals surface area contributed by atoms with Gasteiger partial charge in [-0.1, -0.05) is 20.8 Å². The minimum Gasteiger partial charge on any atom is -0.481 e. The van der Waals surface area contributed by atoms with Gasteiger partial charge in [0.2, 0.25) is 0 Å². The van der Waals surface area contributed by atoms with E-state index in [2.05, 4.69) is 20.8 Å². The lowest BCUT2D eigenvalue weighted by Crippen LogP contribution is -2.30. The predicted molar refractivity (Wildman–Crippen MR) is 53.3 cm³/mol. The average molecular weight is 204 g/mol. The minimum absolute atomic E-state index is 0.0417. The first-order valence-corrected chi connectivity index (χ1v) is 4.93. The van der Waals surface area contributed by atoms with Gasteiger partial charge in [0.05, 0.1) is 32.3 Å². The Morgan fingerprint density at radius 2 is 2.00 bits per heavy atom. The Morgan fingerprint density at radius 3 is 2.36 bits per heavy atom. The third-order valence-corrected chi connectivity index (χ3v) is 1.29.